The number of thiophene rings is 1. The highest BCUT2D eigenvalue weighted by Crippen LogP contribution is 2.28. The molecule has 120 valence electrons. The van der Waals surface area contributed by atoms with Crippen molar-refractivity contribution in [2.24, 2.45) is 0 Å². The van der Waals surface area contributed by atoms with Crippen molar-refractivity contribution in [1.29, 1.82) is 0 Å². The summed E-state index contributed by atoms with van der Waals surface area (Å²) in [4.78, 5) is 17.7. The van der Waals surface area contributed by atoms with Crippen LogP contribution in [-0.2, 0) is 17.0 Å². The van der Waals surface area contributed by atoms with E-state index in [2.05, 4.69) is 29.4 Å². The van der Waals surface area contributed by atoms with Crippen LogP contribution < -0.4 is 5.32 Å². The second-order valence-corrected chi connectivity index (χ2v) is 8.74. The molecule has 0 bridgehead atoms. The van der Waals surface area contributed by atoms with E-state index in [0.717, 1.165) is 26.7 Å². The number of hydrogen-bond acceptors (Lipinski definition) is 5. The lowest BCUT2D eigenvalue weighted by Crippen LogP contribution is -2.13. The van der Waals surface area contributed by atoms with Gasteiger partial charge in [0.05, 0.1) is 20.3 Å². The topological polar surface area (TPSA) is 42.0 Å². The first-order valence-electron chi connectivity index (χ1n) is 7.15. The molecule has 0 fully saturated rings. The molecule has 0 radical (unpaired) electrons. The van der Waals surface area contributed by atoms with Gasteiger partial charge in [-0.25, -0.2) is 4.98 Å². The molecule has 0 unspecified atom stereocenters. The van der Waals surface area contributed by atoms with Crippen LogP contribution in [0.3, 0.4) is 0 Å². The molecule has 3 aromatic rings. The van der Waals surface area contributed by atoms with Crippen LogP contribution in [-0.4, -0.2) is 16.6 Å². The van der Waals surface area contributed by atoms with Crippen LogP contribution in [0.25, 0.3) is 10.2 Å². The first kappa shape index (κ1) is 16.8. The van der Waals surface area contributed by atoms with Crippen LogP contribution in [0.1, 0.15) is 17.4 Å². The maximum Gasteiger partial charge on any atom is 0.236 e. The number of fused-ring (bicyclic) bond motifs is 1. The number of nitrogens with one attached hydrogen (secondary N) is 1. The molecule has 0 spiro atoms. The van der Waals surface area contributed by atoms with Gasteiger partial charge in [0.2, 0.25) is 5.91 Å². The molecule has 7 heteroatoms. The first-order chi connectivity index (χ1) is 11.1. The van der Waals surface area contributed by atoms with E-state index in [1.54, 1.807) is 23.1 Å². The summed E-state index contributed by atoms with van der Waals surface area (Å²) in [6.45, 7) is 2.13. The summed E-state index contributed by atoms with van der Waals surface area (Å²) in [5, 5.41) is 3.55. The fourth-order valence-corrected chi connectivity index (χ4v) is 5.04. The van der Waals surface area contributed by atoms with Gasteiger partial charge < -0.3 is 5.32 Å². The first-order valence-corrected chi connectivity index (χ1v) is 10.3. The molecule has 23 heavy (non-hydrogen) atoms. The summed E-state index contributed by atoms with van der Waals surface area (Å²) in [6.07, 6.45) is 0.999. The van der Waals surface area contributed by atoms with Crippen LogP contribution in [0.4, 0.5) is 5.13 Å². The number of amides is 1. The highest BCUT2D eigenvalue weighted by molar-refractivity contribution is 7.99. The number of hydrogen-bond donors (Lipinski definition) is 1. The summed E-state index contributed by atoms with van der Waals surface area (Å²) in [7, 11) is 0. The van der Waals surface area contributed by atoms with Crippen molar-refractivity contribution in [3.8, 4) is 0 Å². The van der Waals surface area contributed by atoms with Crippen LogP contribution in [0.5, 0.6) is 0 Å². The standard InChI is InChI=1S/C16H15ClN2OS3/c1-2-10-3-5-12-13(7-10)23-16(18-12)19-15(20)9-21-8-11-4-6-14(17)22-11/h3-7H,2,8-9H2,1H3,(H,18,19,20). The number of anilines is 1. The Morgan fingerprint density at radius 2 is 2.17 bits per heavy atom. The zero-order valence-corrected chi connectivity index (χ0v) is 15.7. The zero-order chi connectivity index (χ0) is 16.2. The zero-order valence-electron chi connectivity index (χ0n) is 12.5. The fourth-order valence-electron chi connectivity index (χ4n) is 2.07. The van der Waals surface area contributed by atoms with E-state index in [0.29, 0.717) is 10.9 Å². The van der Waals surface area contributed by atoms with Crippen molar-refractivity contribution in [2.45, 2.75) is 19.1 Å². The third-order valence-corrected chi connectivity index (χ3v) is 6.54. The Morgan fingerprint density at radius 1 is 1.30 bits per heavy atom. The van der Waals surface area contributed by atoms with Crippen molar-refractivity contribution in [2.75, 3.05) is 11.1 Å². The van der Waals surface area contributed by atoms with Crippen molar-refractivity contribution in [1.82, 2.24) is 4.98 Å². The fraction of sp³-hybridized carbons (Fsp3) is 0.250. The molecule has 1 aromatic carbocycles. The highest BCUT2D eigenvalue weighted by atomic mass is 35.5. The second-order valence-electron chi connectivity index (χ2n) is 4.92. The summed E-state index contributed by atoms with van der Waals surface area (Å²) < 4.78 is 1.89. The maximum absolute atomic E-state index is 12.0. The van der Waals surface area contributed by atoms with E-state index in [1.165, 1.54) is 21.8 Å². The SMILES string of the molecule is CCc1ccc2nc(NC(=O)CSCc3ccc(Cl)s3)sc2c1. The Kier molecular flexibility index (Phi) is 5.58. The van der Waals surface area contributed by atoms with Gasteiger partial charge in [0, 0.05) is 10.6 Å². The minimum atomic E-state index is -0.0209. The van der Waals surface area contributed by atoms with Crippen molar-refractivity contribution < 1.29 is 4.79 Å². The molecular weight excluding hydrogens is 368 g/mol. The van der Waals surface area contributed by atoms with Crippen molar-refractivity contribution in [3.63, 3.8) is 0 Å². The molecular formula is C16H15ClN2OS3. The number of thioether (sulfide) groups is 1. The number of benzene rings is 1. The number of carbonyl (C=O) groups excluding carboxylic acids is 1. The highest BCUT2D eigenvalue weighted by Gasteiger charge is 2.09. The van der Waals surface area contributed by atoms with Crippen LogP contribution in [0.15, 0.2) is 30.3 Å². The number of halogens is 1. The Morgan fingerprint density at radius 3 is 2.91 bits per heavy atom. The molecule has 0 aliphatic carbocycles. The summed E-state index contributed by atoms with van der Waals surface area (Å²) in [5.74, 6) is 1.18. The van der Waals surface area contributed by atoms with Gasteiger partial charge in [-0.05, 0) is 36.2 Å². The van der Waals surface area contributed by atoms with E-state index in [4.69, 9.17) is 11.6 Å². The third kappa shape index (κ3) is 4.47. The molecule has 2 heterocycles. The van der Waals surface area contributed by atoms with Crippen molar-refractivity contribution in [3.05, 3.63) is 45.1 Å². The molecule has 1 N–H and O–H groups in total. The van der Waals surface area contributed by atoms with Crippen LogP contribution in [0, 0.1) is 0 Å². The van der Waals surface area contributed by atoms with Gasteiger partial charge in [0.1, 0.15) is 0 Å². The number of thiazole rings is 1. The number of nitrogens with zero attached hydrogens (tertiary/aromatic N) is 1. The average molecular weight is 383 g/mol. The van der Waals surface area contributed by atoms with Crippen LogP contribution >= 0.6 is 46.0 Å². The second kappa shape index (κ2) is 7.66. The number of rotatable bonds is 6. The predicted molar refractivity (Wildman–Crippen MR) is 103 cm³/mol. The molecule has 0 aliphatic heterocycles. The van der Waals surface area contributed by atoms with E-state index in [-0.39, 0.29) is 5.91 Å². The molecule has 0 saturated carbocycles. The Bertz CT molecular complexity index is 828. The monoisotopic (exact) mass is 382 g/mol. The minimum Gasteiger partial charge on any atom is -0.301 e. The minimum absolute atomic E-state index is 0.0209. The van der Waals surface area contributed by atoms with E-state index in [1.807, 2.05) is 18.2 Å². The largest absolute Gasteiger partial charge is 0.301 e. The predicted octanol–water partition coefficient (Wildman–Crippen LogP) is 5.45. The maximum atomic E-state index is 12.0. The van der Waals surface area contributed by atoms with Crippen LogP contribution in [0.2, 0.25) is 4.34 Å². The average Bonchev–Trinajstić information content (AvgIpc) is 3.11. The molecule has 0 aliphatic rings. The summed E-state index contributed by atoms with van der Waals surface area (Å²) in [5.41, 5.74) is 2.22. The number of aryl methyl sites for hydroxylation is 1. The van der Waals surface area contributed by atoms with Gasteiger partial charge in [-0.3, -0.25) is 4.79 Å². The number of aromatic nitrogens is 1. The van der Waals surface area contributed by atoms with Crippen molar-refractivity contribution >= 4 is 67.3 Å². The smallest absolute Gasteiger partial charge is 0.236 e. The van der Waals surface area contributed by atoms with Gasteiger partial charge in [-0.2, -0.15) is 0 Å². The lowest BCUT2D eigenvalue weighted by molar-refractivity contribution is -0.113. The molecule has 1 amide bonds. The quantitative estimate of drug-likeness (QED) is 0.616. The normalized spacial score (nSPS) is 11.0. The van der Waals surface area contributed by atoms with Gasteiger partial charge in [0.15, 0.2) is 5.13 Å². The molecule has 3 rings (SSSR count). The van der Waals surface area contributed by atoms with Gasteiger partial charge in [-0.15, -0.1) is 23.1 Å². The molecule has 0 atom stereocenters. The van der Waals surface area contributed by atoms with Gasteiger partial charge in [-0.1, -0.05) is 35.9 Å². The molecule has 2 aromatic heterocycles. The summed E-state index contributed by atoms with van der Waals surface area (Å²) >= 11 is 10.5. The Labute approximate surface area is 152 Å². The summed E-state index contributed by atoms with van der Waals surface area (Å²) in [6, 6.07) is 10.1. The van der Waals surface area contributed by atoms with Gasteiger partial charge in [0.25, 0.3) is 0 Å². The lowest BCUT2D eigenvalue weighted by Gasteiger charge is -2.00. The van der Waals surface area contributed by atoms with E-state index >= 15 is 0 Å². The lowest BCUT2D eigenvalue weighted by atomic mass is 10.2. The Hall–Kier alpha value is -1.08. The van der Waals surface area contributed by atoms with E-state index in [9.17, 15) is 4.79 Å². The molecule has 3 nitrogen and oxygen atoms in total. The van der Waals surface area contributed by atoms with E-state index < -0.39 is 0 Å². The molecule has 0 saturated heterocycles. The number of carbonyl (C=O) groups is 1. The Balaban J connectivity index is 1.55. The third-order valence-electron chi connectivity index (χ3n) is 3.21. The van der Waals surface area contributed by atoms with Gasteiger partial charge >= 0.3 is 0 Å².